The minimum Gasteiger partial charge on any atom is -0.374 e. The number of rotatable bonds is 3. The minimum absolute atomic E-state index is 0.815. The standard InChI is InChI=1S/C17H26N2/c1-19(13-14-5-4-10-18-12-14)17-9-8-15-6-2-3-7-16(15)11-17/h8-9,11,14,18H,2-7,10,12-13H2,1H3. The minimum atomic E-state index is 0.815. The molecule has 0 aromatic heterocycles. The number of fused-ring (bicyclic) bond motifs is 1. The fourth-order valence-electron chi connectivity index (χ4n) is 3.53. The molecule has 1 aliphatic heterocycles. The first-order valence-corrected chi connectivity index (χ1v) is 7.86. The highest BCUT2D eigenvalue weighted by atomic mass is 15.1. The molecule has 1 atom stereocenters. The van der Waals surface area contributed by atoms with Crippen molar-refractivity contribution in [3.63, 3.8) is 0 Å². The maximum absolute atomic E-state index is 3.51. The van der Waals surface area contributed by atoms with E-state index in [4.69, 9.17) is 0 Å². The van der Waals surface area contributed by atoms with Crippen LogP contribution in [0.1, 0.15) is 36.8 Å². The average Bonchev–Trinajstić information content (AvgIpc) is 2.48. The van der Waals surface area contributed by atoms with Gasteiger partial charge in [0.1, 0.15) is 0 Å². The normalized spacial score (nSPS) is 22.9. The van der Waals surface area contributed by atoms with Crippen LogP contribution in [0.25, 0.3) is 0 Å². The molecule has 19 heavy (non-hydrogen) atoms. The molecule has 1 aliphatic carbocycles. The number of piperidine rings is 1. The van der Waals surface area contributed by atoms with Gasteiger partial charge in [-0.15, -0.1) is 0 Å². The van der Waals surface area contributed by atoms with Crippen molar-refractivity contribution in [2.24, 2.45) is 5.92 Å². The van der Waals surface area contributed by atoms with E-state index < -0.39 is 0 Å². The van der Waals surface area contributed by atoms with Crippen molar-refractivity contribution >= 4 is 5.69 Å². The van der Waals surface area contributed by atoms with Crippen LogP contribution in [0.5, 0.6) is 0 Å². The van der Waals surface area contributed by atoms with Gasteiger partial charge in [0.25, 0.3) is 0 Å². The van der Waals surface area contributed by atoms with Gasteiger partial charge in [0.15, 0.2) is 0 Å². The first kappa shape index (κ1) is 13.0. The zero-order valence-electron chi connectivity index (χ0n) is 12.1. The largest absolute Gasteiger partial charge is 0.374 e. The molecule has 0 amide bonds. The zero-order chi connectivity index (χ0) is 13.1. The van der Waals surface area contributed by atoms with Gasteiger partial charge in [0, 0.05) is 19.3 Å². The summed E-state index contributed by atoms with van der Waals surface area (Å²) in [5.74, 6) is 0.815. The second-order valence-corrected chi connectivity index (χ2v) is 6.25. The Hall–Kier alpha value is -1.02. The number of benzene rings is 1. The van der Waals surface area contributed by atoms with Gasteiger partial charge in [-0.1, -0.05) is 6.07 Å². The third-order valence-electron chi connectivity index (χ3n) is 4.70. The van der Waals surface area contributed by atoms with Crippen molar-refractivity contribution in [1.82, 2.24) is 5.32 Å². The predicted octanol–water partition coefficient (Wildman–Crippen LogP) is 3.00. The van der Waals surface area contributed by atoms with Gasteiger partial charge < -0.3 is 10.2 Å². The third-order valence-corrected chi connectivity index (χ3v) is 4.70. The van der Waals surface area contributed by atoms with Gasteiger partial charge in [-0.3, -0.25) is 0 Å². The molecule has 1 aromatic rings. The molecule has 2 heteroatoms. The smallest absolute Gasteiger partial charge is 0.0366 e. The van der Waals surface area contributed by atoms with Gasteiger partial charge in [0.05, 0.1) is 0 Å². The molecule has 1 N–H and O–H groups in total. The van der Waals surface area contributed by atoms with E-state index in [0.717, 1.165) is 5.92 Å². The van der Waals surface area contributed by atoms with Crippen LogP contribution < -0.4 is 10.2 Å². The van der Waals surface area contributed by atoms with E-state index in [2.05, 4.69) is 35.5 Å². The molecule has 1 heterocycles. The van der Waals surface area contributed by atoms with Crippen LogP contribution in [-0.4, -0.2) is 26.7 Å². The summed E-state index contributed by atoms with van der Waals surface area (Å²) in [5, 5.41) is 3.51. The summed E-state index contributed by atoms with van der Waals surface area (Å²) in [4.78, 5) is 2.45. The van der Waals surface area contributed by atoms with Crippen LogP contribution in [0, 0.1) is 5.92 Å². The Balaban J connectivity index is 1.67. The Morgan fingerprint density at radius 2 is 2.00 bits per heavy atom. The lowest BCUT2D eigenvalue weighted by molar-refractivity contribution is 0.381. The Kier molecular flexibility index (Phi) is 4.07. The summed E-state index contributed by atoms with van der Waals surface area (Å²) in [6.07, 6.45) is 8.02. The SMILES string of the molecule is CN(CC1CCCNC1)c1ccc2c(c1)CCCC2. The van der Waals surface area contributed by atoms with Crippen molar-refractivity contribution in [2.45, 2.75) is 38.5 Å². The fourth-order valence-corrected chi connectivity index (χ4v) is 3.53. The number of hydrogen-bond donors (Lipinski definition) is 1. The Morgan fingerprint density at radius 1 is 1.16 bits per heavy atom. The van der Waals surface area contributed by atoms with Gasteiger partial charge in [-0.2, -0.15) is 0 Å². The van der Waals surface area contributed by atoms with Crippen molar-refractivity contribution in [3.05, 3.63) is 29.3 Å². The Bertz CT molecular complexity index is 421. The summed E-state index contributed by atoms with van der Waals surface area (Å²) >= 11 is 0. The molecule has 2 nitrogen and oxygen atoms in total. The molecule has 1 fully saturated rings. The zero-order valence-corrected chi connectivity index (χ0v) is 12.1. The van der Waals surface area contributed by atoms with E-state index in [9.17, 15) is 0 Å². The van der Waals surface area contributed by atoms with Gasteiger partial charge in [-0.05, 0) is 80.8 Å². The first-order chi connectivity index (χ1) is 9.33. The van der Waals surface area contributed by atoms with Crippen LogP contribution in [0.15, 0.2) is 18.2 Å². The molecule has 3 rings (SSSR count). The molecular weight excluding hydrogens is 232 g/mol. The van der Waals surface area contributed by atoms with E-state index in [0.29, 0.717) is 0 Å². The van der Waals surface area contributed by atoms with Gasteiger partial charge >= 0.3 is 0 Å². The number of nitrogens with zero attached hydrogens (tertiary/aromatic N) is 1. The summed E-state index contributed by atoms with van der Waals surface area (Å²) in [5.41, 5.74) is 4.59. The summed E-state index contributed by atoms with van der Waals surface area (Å²) < 4.78 is 0. The second-order valence-electron chi connectivity index (χ2n) is 6.25. The Morgan fingerprint density at radius 3 is 2.79 bits per heavy atom. The highest BCUT2D eigenvalue weighted by Crippen LogP contribution is 2.26. The first-order valence-electron chi connectivity index (χ1n) is 7.86. The van der Waals surface area contributed by atoms with Gasteiger partial charge in [0.2, 0.25) is 0 Å². The van der Waals surface area contributed by atoms with Crippen LogP contribution >= 0.6 is 0 Å². The van der Waals surface area contributed by atoms with E-state index in [-0.39, 0.29) is 0 Å². The lowest BCUT2D eigenvalue weighted by atomic mass is 9.91. The lowest BCUT2D eigenvalue weighted by Gasteiger charge is -2.29. The monoisotopic (exact) mass is 258 g/mol. The van der Waals surface area contributed by atoms with Crippen LogP contribution in [0.3, 0.4) is 0 Å². The third kappa shape index (κ3) is 3.11. The van der Waals surface area contributed by atoms with Gasteiger partial charge in [-0.25, -0.2) is 0 Å². The maximum atomic E-state index is 3.51. The summed E-state index contributed by atoms with van der Waals surface area (Å²) in [7, 11) is 2.25. The number of aryl methyl sites for hydroxylation is 2. The average molecular weight is 258 g/mol. The predicted molar refractivity (Wildman–Crippen MR) is 81.9 cm³/mol. The van der Waals surface area contributed by atoms with Crippen LogP contribution in [0.2, 0.25) is 0 Å². The van der Waals surface area contributed by atoms with Crippen molar-refractivity contribution in [2.75, 3.05) is 31.6 Å². The summed E-state index contributed by atoms with van der Waals surface area (Å²) in [6, 6.07) is 7.12. The topological polar surface area (TPSA) is 15.3 Å². The molecule has 0 radical (unpaired) electrons. The molecule has 0 saturated carbocycles. The van der Waals surface area contributed by atoms with E-state index in [1.54, 1.807) is 11.1 Å². The fraction of sp³-hybridized carbons (Fsp3) is 0.647. The Labute approximate surface area is 117 Å². The van der Waals surface area contributed by atoms with Crippen LogP contribution in [-0.2, 0) is 12.8 Å². The summed E-state index contributed by atoms with van der Waals surface area (Å²) in [6.45, 7) is 3.58. The highest BCUT2D eigenvalue weighted by molar-refractivity contribution is 5.51. The molecule has 0 bridgehead atoms. The number of hydrogen-bond acceptors (Lipinski definition) is 2. The van der Waals surface area contributed by atoms with E-state index in [1.807, 2.05) is 0 Å². The van der Waals surface area contributed by atoms with Crippen molar-refractivity contribution in [3.8, 4) is 0 Å². The molecule has 104 valence electrons. The quantitative estimate of drug-likeness (QED) is 0.896. The van der Waals surface area contributed by atoms with Crippen molar-refractivity contribution < 1.29 is 0 Å². The molecular formula is C17H26N2. The molecule has 0 spiro atoms. The van der Waals surface area contributed by atoms with E-state index >= 15 is 0 Å². The molecule has 2 aliphatic rings. The molecule has 1 unspecified atom stereocenters. The maximum Gasteiger partial charge on any atom is 0.0366 e. The molecule has 1 aromatic carbocycles. The number of nitrogens with one attached hydrogen (secondary N) is 1. The van der Waals surface area contributed by atoms with Crippen LogP contribution in [0.4, 0.5) is 5.69 Å². The highest BCUT2D eigenvalue weighted by Gasteiger charge is 2.16. The number of anilines is 1. The second kappa shape index (κ2) is 5.96. The molecule has 1 saturated heterocycles. The van der Waals surface area contributed by atoms with E-state index in [1.165, 1.54) is 63.8 Å². The van der Waals surface area contributed by atoms with Crippen molar-refractivity contribution in [1.29, 1.82) is 0 Å². The lowest BCUT2D eigenvalue weighted by Crippen LogP contribution is -2.36.